The molecular weight excluding hydrogens is 274 g/mol. The van der Waals surface area contributed by atoms with Crippen molar-refractivity contribution in [1.82, 2.24) is 0 Å². The van der Waals surface area contributed by atoms with E-state index in [1.54, 1.807) is 18.2 Å². The van der Waals surface area contributed by atoms with Crippen LogP contribution in [-0.4, -0.2) is 10.8 Å². The zero-order valence-corrected chi connectivity index (χ0v) is 10.6. The Morgan fingerprint density at radius 1 is 1.38 bits per heavy atom. The molecule has 0 fully saturated rings. The first-order valence-electron chi connectivity index (χ1n) is 5.77. The molecule has 2 N–H and O–H groups in total. The number of hydrogen-bond donors (Lipinski definition) is 1. The summed E-state index contributed by atoms with van der Waals surface area (Å²) in [7, 11) is 0. The largest absolute Gasteiger partial charge is 0.457 e. The van der Waals surface area contributed by atoms with Gasteiger partial charge in [-0.15, -0.1) is 0 Å². The van der Waals surface area contributed by atoms with Crippen molar-refractivity contribution >= 4 is 17.7 Å². The van der Waals surface area contributed by atoms with Crippen molar-refractivity contribution in [2.75, 3.05) is 0 Å². The number of nitro groups is 1. The van der Waals surface area contributed by atoms with E-state index in [0.717, 1.165) is 0 Å². The molecule has 1 aromatic heterocycles. The maximum atomic E-state index is 10.9. The van der Waals surface area contributed by atoms with Crippen molar-refractivity contribution < 1.29 is 14.1 Å². The van der Waals surface area contributed by atoms with Crippen LogP contribution in [0, 0.1) is 21.4 Å². The van der Waals surface area contributed by atoms with Gasteiger partial charge in [0.15, 0.2) is 0 Å². The summed E-state index contributed by atoms with van der Waals surface area (Å²) in [5.41, 5.74) is 5.23. The SMILES string of the molecule is N#C/C(=C/c1ccc(-c2cccc([N+](=O)[O-])c2)o1)C(N)=O. The van der Waals surface area contributed by atoms with Gasteiger partial charge in [0.1, 0.15) is 23.2 Å². The Labute approximate surface area is 119 Å². The average molecular weight is 283 g/mol. The lowest BCUT2D eigenvalue weighted by molar-refractivity contribution is -0.384. The third-order valence-corrected chi connectivity index (χ3v) is 2.64. The Hall–Kier alpha value is -3.40. The minimum absolute atomic E-state index is 0.0594. The van der Waals surface area contributed by atoms with E-state index in [1.807, 2.05) is 0 Å². The Morgan fingerprint density at radius 3 is 2.76 bits per heavy atom. The van der Waals surface area contributed by atoms with Crippen LogP contribution in [0.15, 0.2) is 46.4 Å². The molecule has 1 heterocycles. The number of primary amides is 1. The van der Waals surface area contributed by atoms with Gasteiger partial charge >= 0.3 is 0 Å². The monoisotopic (exact) mass is 283 g/mol. The van der Waals surface area contributed by atoms with Gasteiger partial charge in [-0.3, -0.25) is 14.9 Å². The fraction of sp³-hybridized carbons (Fsp3) is 0. The van der Waals surface area contributed by atoms with Gasteiger partial charge in [0.05, 0.1) is 4.92 Å². The molecule has 1 aromatic carbocycles. The van der Waals surface area contributed by atoms with E-state index in [-0.39, 0.29) is 17.0 Å². The van der Waals surface area contributed by atoms with E-state index in [0.29, 0.717) is 11.3 Å². The van der Waals surface area contributed by atoms with Crippen LogP contribution in [-0.2, 0) is 4.79 Å². The van der Waals surface area contributed by atoms with Crippen molar-refractivity contribution in [3.63, 3.8) is 0 Å². The Balaban J connectivity index is 2.37. The standard InChI is InChI=1S/C14H9N3O4/c15-8-10(14(16)18)7-12-4-5-13(21-12)9-2-1-3-11(6-9)17(19)20/h1-7H,(H2,16,18)/b10-7-. The number of benzene rings is 1. The molecule has 1 amide bonds. The Morgan fingerprint density at radius 2 is 2.14 bits per heavy atom. The average Bonchev–Trinajstić information content (AvgIpc) is 2.93. The number of furan rings is 1. The highest BCUT2D eigenvalue weighted by molar-refractivity contribution is 6.00. The lowest BCUT2D eigenvalue weighted by Gasteiger charge is -1.97. The fourth-order valence-corrected chi connectivity index (χ4v) is 1.66. The molecule has 0 saturated carbocycles. The minimum Gasteiger partial charge on any atom is -0.457 e. The van der Waals surface area contributed by atoms with Crippen LogP contribution < -0.4 is 5.73 Å². The number of amides is 1. The molecule has 7 nitrogen and oxygen atoms in total. The number of carbonyl (C=O) groups excluding carboxylic acids is 1. The van der Waals surface area contributed by atoms with E-state index >= 15 is 0 Å². The third kappa shape index (κ3) is 3.13. The molecule has 0 atom stereocenters. The summed E-state index contributed by atoms with van der Waals surface area (Å²) < 4.78 is 5.43. The van der Waals surface area contributed by atoms with Crippen molar-refractivity contribution in [1.29, 1.82) is 5.26 Å². The van der Waals surface area contributed by atoms with Gasteiger partial charge in [-0.05, 0) is 12.1 Å². The number of non-ortho nitro benzene ring substituents is 1. The van der Waals surface area contributed by atoms with Crippen LogP contribution in [0.3, 0.4) is 0 Å². The molecule has 2 aromatic rings. The van der Waals surface area contributed by atoms with E-state index in [2.05, 4.69) is 0 Å². The van der Waals surface area contributed by atoms with Gasteiger partial charge in [0.2, 0.25) is 0 Å². The normalized spacial score (nSPS) is 10.9. The number of carbonyl (C=O) groups is 1. The topological polar surface area (TPSA) is 123 Å². The van der Waals surface area contributed by atoms with Crippen LogP contribution in [0.1, 0.15) is 5.76 Å². The summed E-state index contributed by atoms with van der Waals surface area (Å²) >= 11 is 0. The van der Waals surface area contributed by atoms with Crippen LogP contribution in [0.2, 0.25) is 0 Å². The summed E-state index contributed by atoms with van der Waals surface area (Å²) in [6, 6.07) is 10.7. The molecular formula is C14H9N3O4. The number of nitro benzene ring substituents is 1. The lowest BCUT2D eigenvalue weighted by Crippen LogP contribution is -2.12. The van der Waals surface area contributed by atoms with Crippen LogP contribution in [0.25, 0.3) is 17.4 Å². The number of hydrogen-bond acceptors (Lipinski definition) is 5. The molecule has 104 valence electrons. The molecule has 0 aliphatic carbocycles. The first-order chi connectivity index (χ1) is 10.0. The molecule has 2 rings (SSSR count). The highest BCUT2D eigenvalue weighted by Crippen LogP contribution is 2.26. The number of nitrogens with zero attached hydrogens (tertiary/aromatic N) is 2. The highest BCUT2D eigenvalue weighted by Gasteiger charge is 2.11. The second-order valence-corrected chi connectivity index (χ2v) is 4.04. The van der Waals surface area contributed by atoms with Crippen LogP contribution in [0.5, 0.6) is 0 Å². The molecule has 0 saturated heterocycles. The van der Waals surface area contributed by atoms with Crippen LogP contribution in [0.4, 0.5) is 5.69 Å². The predicted octanol–water partition coefficient (Wildman–Crippen LogP) is 2.25. The highest BCUT2D eigenvalue weighted by atomic mass is 16.6. The maximum Gasteiger partial charge on any atom is 0.270 e. The predicted molar refractivity (Wildman–Crippen MR) is 73.6 cm³/mol. The Bertz CT molecular complexity index is 784. The van der Waals surface area contributed by atoms with Gasteiger partial charge in [-0.25, -0.2) is 0 Å². The van der Waals surface area contributed by atoms with Crippen molar-refractivity contribution in [2.45, 2.75) is 0 Å². The van der Waals surface area contributed by atoms with E-state index in [4.69, 9.17) is 15.4 Å². The van der Waals surface area contributed by atoms with Gasteiger partial charge < -0.3 is 10.2 Å². The summed E-state index contributed by atoms with van der Waals surface area (Å²) in [6.45, 7) is 0. The van der Waals surface area contributed by atoms with E-state index < -0.39 is 10.8 Å². The molecule has 0 spiro atoms. The maximum absolute atomic E-state index is 10.9. The molecule has 0 unspecified atom stereocenters. The summed E-state index contributed by atoms with van der Waals surface area (Å²) in [5.74, 6) is -0.218. The lowest BCUT2D eigenvalue weighted by atomic mass is 10.1. The smallest absolute Gasteiger partial charge is 0.270 e. The zero-order valence-electron chi connectivity index (χ0n) is 10.6. The number of rotatable bonds is 4. The van der Waals surface area contributed by atoms with Gasteiger partial charge in [0, 0.05) is 23.8 Å². The molecule has 21 heavy (non-hydrogen) atoms. The van der Waals surface area contributed by atoms with Crippen molar-refractivity contribution in [3.05, 3.63) is 57.8 Å². The van der Waals surface area contributed by atoms with E-state index in [9.17, 15) is 14.9 Å². The number of nitrogens with two attached hydrogens (primary N) is 1. The second-order valence-electron chi connectivity index (χ2n) is 4.04. The quantitative estimate of drug-likeness (QED) is 0.399. The minimum atomic E-state index is -0.856. The summed E-state index contributed by atoms with van der Waals surface area (Å²) in [4.78, 5) is 21.2. The summed E-state index contributed by atoms with van der Waals surface area (Å²) in [6.07, 6.45) is 1.21. The van der Waals surface area contributed by atoms with Crippen molar-refractivity contribution in [2.24, 2.45) is 5.73 Å². The van der Waals surface area contributed by atoms with Gasteiger partial charge in [-0.2, -0.15) is 5.26 Å². The van der Waals surface area contributed by atoms with Gasteiger partial charge in [0.25, 0.3) is 11.6 Å². The summed E-state index contributed by atoms with van der Waals surface area (Å²) in [5, 5.41) is 19.5. The zero-order chi connectivity index (χ0) is 15.4. The second kappa shape index (κ2) is 5.71. The molecule has 7 heteroatoms. The van der Waals surface area contributed by atoms with Crippen LogP contribution >= 0.6 is 0 Å². The van der Waals surface area contributed by atoms with Gasteiger partial charge in [-0.1, -0.05) is 12.1 Å². The third-order valence-electron chi connectivity index (χ3n) is 2.64. The first-order valence-corrected chi connectivity index (χ1v) is 5.77. The fourth-order valence-electron chi connectivity index (χ4n) is 1.66. The number of nitriles is 1. The molecule has 0 aliphatic heterocycles. The molecule has 0 radical (unpaired) electrons. The molecule has 0 aliphatic rings. The van der Waals surface area contributed by atoms with E-state index in [1.165, 1.54) is 30.3 Å². The first kappa shape index (κ1) is 14.0. The molecule has 0 bridgehead atoms. The van der Waals surface area contributed by atoms with Crippen molar-refractivity contribution in [3.8, 4) is 17.4 Å². The Kier molecular flexibility index (Phi) is 3.81.